The second kappa shape index (κ2) is 9.98. The molecule has 2 nitrogen and oxygen atoms in total. The highest BCUT2D eigenvalue weighted by molar-refractivity contribution is 9.10. The van der Waals surface area contributed by atoms with Gasteiger partial charge in [0.2, 0.25) is 0 Å². The molecule has 26 heavy (non-hydrogen) atoms. The Labute approximate surface area is 173 Å². The van der Waals surface area contributed by atoms with E-state index in [1.807, 2.05) is 12.1 Å². The van der Waals surface area contributed by atoms with Gasteiger partial charge in [0.1, 0.15) is 6.07 Å². The molecule has 2 aromatic carbocycles. The Balaban J connectivity index is 0.000000156. The van der Waals surface area contributed by atoms with E-state index >= 15 is 0 Å². The molecule has 2 aliphatic carbocycles. The number of nitrogens with zero attached hydrogens (tertiary/aromatic N) is 2. The molecule has 4 rings (SSSR count). The molecule has 2 saturated carbocycles. The number of halogens is 3. The Bertz CT molecular complexity index is 844. The van der Waals surface area contributed by atoms with E-state index in [1.165, 1.54) is 25.7 Å². The first-order chi connectivity index (χ1) is 12.4. The van der Waals surface area contributed by atoms with Crippen LogP contribution < -0.4 is 0 Å². The Morgan fingerprint density at radius 2 is 1.38 bits per heavy atom. The summed E-state index contributed by atoms with van der Waals surface area (Å²) < 4.78 is 0.738. The maximum absolute atomic E-state index is 8.79. The van der Waals surface area contributed by atoms with Crippen LogP contribution in [0.3, 0.4) is 0 Å². The predicted molar refractivity (Wildman–Crippen MR) is 110 cm³/mol. The van der Waals surface area contributed by atoms with Crippen molar-refractivity contribution in [3.63, 3.8) is 0 Å². The Morgan fingerprint density at radius 3 is 1.81 bits per heavy atom. The standard InChI is InChI=1S/C10H8ClN.C7H3BrClN.C4H8/c11-9-4-3-8(6-12)10(5-9)7-1-2-7;8-7-3-6(9)2-1-5(7)4-10;1-4-2-3-4/h3-5,7H,1-2H2;1-3H;4H,2-3H2,1H3. The average molecular weight is 450 g/mol. The number of hydrogen-bond acceptors (Lipinski definition) is 2. The molecule has 0 bridgehead atoms. The fourth-order valence-corrected chi connectivity index (χ4v) is 3.07. The summed E-state index contributed by atoms with van der Waals surface area (Å²) in [5.41, 5.74) is 2.51. The molecule has 0 radical (unpaired) electrons. The number of rotatable bonds is 1. The molecule has 0 heterocycles. The molecular weight excluding hydrogens is 431 g/mol. The molecule has 0 atom stereocenters. The third kappa shape index (κ3) is 7.00. The lowest BCUT2D eigenvalue weighted by Crippen LogP contribution is -1.85. The maximum Gasteiger partial charge on any atom is 0.100 e. The van der Waals surface area contributed by atoms with Crippen molar-refractivity contribution < 1.29 is 0 Å². The smallest absolute Gasteiger partial charge is 0.100 e. The second-order valence-electron chi connectivity index (χ2n) is 6.54. The molecule has 0 aliphatic heterocycles. The predicted octanol–water partition coefficient (Wildman–Crippen LogP) is 7.48. The van der Waals surface area contributed by atoms with Gasteiger partial charge in [-0.25, -0.2) is 0 Å². The van der Waals surface area contributed by atoms with Gasteiger partial charge < -0.3 is 0 Å². The monoisotopic (exact) mass is 448 g/mol. The zero-order valence-electron chi connectivity index (χ0n) is 14.5. The number of hydrogen-bond donors (Lipinski definition) is 0. The van der Waals surface area contributed by atoms with Gasteiger partial charge in [0.25, 0.3) is 0 Å². The van der Waals surface area contributed by atoms with Crippen LogP contribution in [0, 0.1) is 28.6 Å². The van der Waals surface area contributed by atoms with Gasteiger partial charge in [0.15, 0.2) is 0 Å². The third-order valence-corrected chi connectivity index (χ3v) is 5.20. The molecule has 2 aromatic rings. The van der Waals surface area contributed by atoms with E-state index in [0.717, 1.165) is 26.5 Å². The first-order valence-electron chi connectivity index (χ1n) is 8.49. The maximum atomic E-state index is 8.79. The van der Waals surface area contributed by atoms with Crippen LogP contribution >= 0.6 is 39.1 Å². The van der Waals surface area contributed by atoms with Crippen LogP contribution in [-0.4, -0.2) is 0 Å². The van der Waals surface area contributed by atoms with Crippen molar-refractivity contribution in [2.24, 2.45) is 5.92 Å². The molecule has 2 aliphatic rings. The number of benzene rings is 2. The van der Waals surface area contributed by atoms with E-state index in [4.69, 9.17) is 33.7 Å². The minimum Gasteiger partial charge on any atom is -0.192 e. The van der Waals surface area contributed by atoms with Gasteiger partial charge in [0, 0.05) is 14.5 Å². The summed E-state index contributed by atoms with van der Waals surface area (Å²) in [5, 5.41) is 18.6. The molecule has 0 aromatic heterocycles. The van der Waals surface area contributed by atoms with E-state index < -0.39 is 0 Å². The van der Waals surface area contributed by atoms with Crippen LogP contribution in [0.25, 0.3) is 0 Å². The Morgan fingerprint density at radius 1 is 0.885 bits per heavy atom. The summed E-state index contributed by atoms with van der Waals surface area (Å²) in [6, 6.07) is 14.7. The van der Waals surface area contributed by atoms with Gasteiger partial charge in [-0.05, 0) is 82.6 Å². The fourth-order valence-electron chi connectivity index (χ4n) is 2.11. The van der Waals surface area contributed by atoms with E-state index in [-0.39, 0.29) is 0 Å². The molecule has 0 spiro atoms. The molecule has 0 saturated heterocycles. The Kier molecular flexibility index (Phi) is 7.98. The zero-order valence-corrected chi connectivity index (χ0v) is 17.6. The normalized spacial score (nSPS) is 14.7. The summed E-state index contributed by atoms with van der Waals surface area (Å²) in [5.74, 6) is 1.68. The quantitative estimate of drug-likeness (QED) is 0.452. The molecule has 134 valence electrons. The second-order valence-corrected chi connectivity index (χ2v) is 8.26. The molecular formula is C21H19BrCl2N2. The summed E-state index contributed by atoms with van der Waals surface area (Å²) >= 11 is 14.7. The first kappa shape index (κ1) is 20.8. The van der Waals surface area contributed by atoms with Crippen LogP contribution in [0.15, 0.2) is 40.9 Å². The van der Waals surface area contributed by atoms with Crippen molar-refractivity contribution in [2.45, 2.75) is 38.5 Å². The van der Waals surface area contributed by atoms with Crippen molar-refractivity contribution in [1.29, 1.82) is 10.5 Å². The van der Waals surface area contributed by atoms with Gasteiger partial charge in [-0.3, -0.25) is 0 Å². The minimum atomic E-state index is 0.596. The summed E-state index contributed by atoms with van der Waals surface area (Å²) in [4.78, 5) is 0. The average Bonchev–Trinajstić information content (AvgIpc) is 3.52. The van der Waals surface area contributed by atoms with E-state index in [0.29, 0.717) is 16.5 Å². The summed E-state index contributed by atoms with van der Waals surface area (Å²) in [7, 11) is 0. The minimum absolute atomic E-state index is 0.596. The fraction of sp³-hybridized carbons (Fsp3) is 0.333. The lowest BCUT2D eigenvalue weighted by Gasteiger charge is -2.00. The topological polar surface area (TPSA) is 47.6 Å². The molecule has 0 N–H and O–H groups in total. The molecule has 0 amide bonds. The van der Waals surface area contributed by atoms with Gasteiger partial charge in [-0.15, -0.1) is 0 Å². The van der Waals surface area contributed by atoms with Gasteiger partial charge in [0.05, 0.1) is 17.2 Å². The first-order valence-corrected chi connectivity index (χ1v) is 10.0. The lowest BCUT2D eigenvalue weighted by molar-refractivity contribution is 0.983. The van der Waals surface area contributed by atoms with E-state index in [2.05, 4.69) is 28.9 Å². The highest BCUT2D eigenvalue weighted by Crippen LogP contribution is 2.42. The van der Waals surface area contributed by atoms with Crippen LogP contribution in [-0.2, 0) is 0 Å². The zero-order chi connectivity index (χ0) is 19.1. The third-order valence-electron chi connectivity index (χ3n) is 4.07. The van der Waals surface area contributed by atoms with Crippen molar-refractivity contribution in [3.05, 3.63) is 67.6 Å². The van der Waals surface area contributed by atoms with Crippen molar-refractivity contribution in [2.75, 3.05) is 0 Å². The van der Waals surface area contributed by atoms with Crippen molar-refractivity contribution >= 4 is 39.1 Å². The van der Waals surface area contributed by atoms with Gasteiger partial charge in [-0.2, -0.15) is 10.5 Å². The van der Waals surface area contributed by atoms with Crippen LogP contribution in [0.4, 0.5) is 0 Å². The highest BCUT2D eigenvalue weighted by Gasteiger charge is 2.26. The number of nitriles is 2. The van der Waals surface area contributed by atoms with E-state index in [1.54, 1.807) is 30.3 Å². The SMILES string of the molecule is CC1CC1.N#Cc1ccc(Cl)cc1Br.N#Cc1ccc(Cl)cc1C1CC1. The van der Waals surface area contributed by atoms with Crippen LogP contribution in [0.2, 0.25) is 10.0 Å². The lowest BCUT2D eigenvalue weighted by atomic mass is 10.0. The van der Waals surface area contributed by atoms with Crippen LogP contribution in [0.5, 0.6) is 0 Å². The largest absolute Gasteiger partial charge is 0.192 e. The van der Waals surface area contributed by atoms with E-state index in [9.17, 15) is 0 Å². The summed E-state index contributed by atoms with van der Waals surface area (Å²) in [6.45, 7) is 2.28. The molecule has 5 heteroatoms. The molecule has 2 fully saturated rings. The van der Waals surface area contributed by atoms with Crippen LogP contribution in [0.1, 0.15) is 55.2 Å². The Hall–Kier alpha value is -1.52. The summed E-state index contributed by atoms with van der Waals surface area (Å²) in [6.07, 6.45) is 5.38. The highest BCUT2D eigenvalue weighted by atomic mass is 79.9. The van der Waals surface area contributed by atoms with Crippen molar-refractivity contribution in [1.82, 2.24) is 0 Å². The van der Waals surface area contributed by atoms with Gasteiger partial charge in [-0.1, -0.05) is 43.0 Å². The van der Waals surface area contributed by atoms with Gasteiger partial charge >= 0.3 is 0 Å². The van der Waals surface area contributed by atoms with Crippen molar-refractivity contribution in [3.8, 4) is 12.1 Å². The molecule has 0 unspecified atom stereocenters.